The van der Waals surface area contributed by atoms with Crippen LogP contribution in [0.5, 0.6) is 0 Å². The molecular weight excluding hydrogens is 210 g/mol. The number of carboxylic acid groups (broad SMARTS) is 1. The quantitative estimate of drug-likeness (QED) is 0.690. The van der Waals surface area contributed by atoms with Crippen LogP contribution >= 0.6 is 0 Å². The first-order valence-electron chi connectivity index (χ1n) is 5.62. The van der Waals surface area contributed by atoms with Crippen LogP contribution in [0.25, 0.3) is 0 Å². The van der Waals surface area contributed by atoms with Crippen molar-refractivity contribution in [1.82, 2.24) is 5.32 Å². The molecule has 0 atom stereocenters. The van der Waals surface area contributed by atoms with Gasteiger partial charge in [-0.05, 0) is 32.6 Å². The van der Waals surface area contributed by atoms with Crippen LogP contribution in [0.15, 0.2) is 0 Å². The third-order valence-electron chi connectivity index (χ3n) is 3.61. The number of carbonyl (C=O) groups excluding carboxylic acids is 1. The summed E-state index contributed by atoms with van der Waals surface area (Å²) in [6.45, 7) is 3.19. The maximum absolute atomic E-state index is 11.9. The van der Waals surface area contributed by atoms with Gasteiger partial charge in [-0.1, -0.05) is 0 Å². The van der Waals surface area contributed by atoms with Gasteiger partial charge in [0.15, 0.2) is 0 Å². The molecule has 0 aromatic rings. The number of hydrogen-bond donors (Lipinski definition) is 2. The molecule has 5 nitrogen and oxygen atoms in total. The minimum Gasteiger partial charge on any atom is -0.480 e. The van der Waals surface area contributed by atoms with Crippen molar-refractivity contribution in [2.24, 2.45) is 5.41 Å². The zero-order valence-corrected chi connectivity index (χ0v) is 9.41. The fourth-order valence-corrected chi connectivity index (χ4v) is 2.00. The average Bonchev–Trinajstić information content (AvgIpc) is 2.98. The van der Waals surface area contributed by atoms with Crippen molar-refractivity contribution in [3.8, 4) is 0 Å². The zero-order valence-electron chi connectivity index (χ0n) is 9.41. The molecule has 0 aromatic carbocycles. The van der Waals surface area contributed by atoms with Gasteiger partial charge in [0.05, 0.1) is 0 Å². The second-order valence-corrected chi connectivity index (χ2v) is 5.01. The summed E-state index contributed by atoms with van der Waals surface area (Å²) in [4.78, 5) is 22.9. The topological polar surface area (TPSA) is 75.6 Å². The first kappa shape index (κ1) is 11.4. The smallest absolute Gasteiger partial charge is 0.319 e. The van der Waals surface area contributed by atoms with Crippen LogP contribution in [-0.4, -0.2) is 35.7 Å². The van der Waals surface area contributed by atoms with E-state index in [0.717, 1.165) is 12.8 Å². The van der Waals surface area contributed by atoms with E-state index in [0.29, 0.717) is 26.1 Å². The van der Waals surface area contributed by atoms with Crippen LogP contribution in [0.4, 0.5) is 0 Å². The van der Waals surface area contributed by atoms with E-state index in [1.54, 1.807) is 0 Å². The van der Waals surface area contributed by atoms with Gasteiger partial charge in [0.2, 0.25) is 5.91 Å². The molecule has 1 saturated carbocycles. The number of ether oxygens (including phenoxy) is 1. The molecule has 0 spiro atoms. The van der Waals surface area contributed by atoms with Crippen LogP contribution in [0.3, 0.4) is 0 Å². The molecule has 5 heteroatoms. The van der Waals surface area contributed by atoms with E-state index in [4.69, 9.17) is 9.84 Å². The third-order valence-corrected chi connectivity index (χ3v) is 3.61. The minimum atomic E-state index is -1.14. The maximum Gasteiger partial charge on any atom is 0.319 e. The van der Waals surface area contributed by atoms with Crippen molar-refractivity contribution in [3.63, 3.8) is 0 Å². The van der Waals surface area contributed by atoms with Gasteiger partial charge in [0, 0.05) is 18.8 Å². The van der Waals surface area contributed by atoms with Gasteiger partial charge in [-0.15, -0.1) is 0 Å². The van der Waals surface area contributed by atoms with Crippen molar-refractivity contribution < 1.29 is 19.4 Å². The van der Waals surface area contributed by atoms with E-state index in [-0.39, 0.29) is 11.4 Å². The van der Waals surface area contributed by atoms with Gasteiger partial charge in [0.1, 0.15) is 5.41 Å². The summed E-state index contributed by atoms with van der Waals surface area (Å²) in [5, 5.41) is 11.9. The summed E-state index contributed by atoms with van der Waals surface area (Å²) < 4.78 is 5.23. The highest BCUT2D eigenvalue weighted by molar-refractivity contribution is 6.05. The molecule has 2 aliphatic rings. The second-order valence-electron chi connectivity index (χ2n) is 5.01. The predicted molar refractivity (Wildman–Crippen MR) is 55.9 cm³/mol. The first-order chi connectivity index (χ1) is 7.49. The van der Waals surface area contributed by atoms with Crippen LogP contribution < -0.4 is 5.32 Å². The Hall–Kier alpha value is -1.10. The highest BCUT2D eigenvalue weighted by Gasteiger charge is 2.58. The molecule has 1 heterocycles. The number of nitrogens with one attached hydrogen (secondary N) is 1. The molecular formula is C11H17NO4. The lowest BCUT2D eigenvalue weighted by molar-refractivity contribution is -0.149. The number of amides is 1. The van der Waals surface area contributed by atoms with Gasteiger partial charge in [-0.25, -0.2) is 0 Å². The Morgan fingerprint density at radius 3 is 2.19 bits per heavy atom. The van der Waals surface area contributed by atoms with Crippen molar-refractivity contribution in [3.05, 3.63) is 0 Å². The molecule has 2 N–H and O–H groups in total. The first-order valence-corrected chi connectivity index (χ1v) is 5.62. The molecule has 0 unspecified atom stereocenters. The summed E-state index contributed by atoms with van der Waals surface area (Å²) in [5.74, 6) is -1.33. The minimum absolute atomic E-state index is 0.305. The van der Waals surface area contributed by atoms with E-state index in [9.17, 15) is 9.59 Å². The van der Waals surface area contributed by atoms with Crippen LogP contribution in [-0.2, 0) is 14.3 Å². The standard InChI is InChI=1S/C11H17NO4/c1-10(4-6-16-7-5-10)12-8(13)11(2-3-11)9(14)15/h2-7H2,1H3,(H,12,13)(H,14,15). The molecule has 1 aliphatic heterocycles. The number of aliphatic carboxylic acids is 1. The van der Waals surface area contributed by atoms with Crippen molar-refractivity contribution in [2.45, 2.75) is 38.1 Å². The largest absolute Gasteiger partial charge is 0.480 e. The summed E-state index contributed by atoms with van der Waals surface area (Å²) in [6.07, 6.45) is 2.41. The molecule has 0 radical (unpaired) electrons. The van der Waals surface area contributed by atoms with Crippen LogP contribution in [0.2, 0.25) is 0 Å². The fourth-order valence-electron chi connectivity index (χ4n) is 2.00. The zero-order chi connectivity index (χ0) is 11.8. The summed E-state index contributed by atoms with van der Waals surface area (Å²) in [7, 11) is 0. The lowest BCUT2D eigenvalue weighted by atomic mass is 9.91. The molecule has 2 fully saturated rings. The predicted octanol–water partition coefficient (Wildman–Crippen LogP) is 0.536. The van der Waals surface area contributed by atoms with E-state index in [1.807, 2.05) is 6.92 Å². The Labute approximate surface area is 94.2 Å². The number of carboxylic acids is 1. The Morgan fingerprint density at radius 2 is 1.75 bits per heavy atom. The monoisotopic (exact) mass is 227 g/mol. The summed E-state index contributed by atoms with van der Waals surface area (Å²) >= 11 is 0. The Bertz CT molecular complexity index is 316. The van der Waals surface area contributed by atoms with E-state index in [1.165, 1.54) is 0 Å². The molecule has 16 heavy (non-hydrogen) atoms. The van der Waals surface area contributed by atoms with Gasteiger partial charge >= 0.3 is 5.97 Å². The van der Waals surface area contributed by atoms with Crippen LogP contribution in [0, 0.1) is 5.41 Å². The average molecular weight is 227 g/mol. The second kappa shape index (κ2) is 3.73. The summed E-state index contributed by atoms with van der Waals surface area (Å²) in [6, 6.07) is 0. The normalized spacial score (nSPS) is 25.8. The lowest BCUT2D eigenvalue weighted by Gasteiger charge is -2.35. The molecule has 0 aromatic heterocycles. The van der Waals surface area contributed by atoms with Crippen molar-refractivity contribution in [2.75, 3.05) is 13.2 Å². The third kappa shape index (κ3) is 1.91. The fraction of sp³-hybridized carbons (Fsp3) is 0.818. The molecule has 1 aliphatic carbocycles. The number of carbonyl (C=O) groups is 2. The molecule has 1 saturated heterocycles. The lowest BCUT2D eigenvalue weighted by Crippen LogP contribution is -2.53. The van der Waals surface area contributed by atoms with E-state index < -0.39 is 11.4 Å². The maximum atomic E-state index is 11.9. The van der Waals surface area contributed by atoms with E-state index >= 15 is 0 Å². The highest BCUT2D eigenvalue weighted by Crippen LogP contribution is 2.46. The number of rotatable bonds is 3. The molecule has 1 amide bonds. The molecule has 2 rings (SSSR count). The molecule has 90 valence electrons. The van der Waals surface area contributed by atoms with Gasteiger partial charge < -0.3 is 15.2 Å². The number of hydrogen-bond acceptors (Lipinski definition) is 3. The van der Waals surface area contributed by atoms with Crippen molar-refractivity contribution in [1.29, 1.82) is 0 Å². The molecule has 0 bridgehead atoms. The van der Waals surface area contributed by atoms with Gasteiger partial charge in [-0.3, -0.25) is 9.59 Å². The van der Waals surface area contributed by atoms with Gasteiger partial charge in [-0.2, -0.15) is 0 Å². The summed E-state index contributed by atoms with van der Waals surface area (Å²) in [5.41, 5.74) is -1.44. The Balaban J connectivity index is 1.99. The van der Waals surface area contributed by atoms with Crippen molar-refractivity contribution >= 4 is 11.9 Å². The highest BCUT2D eigenvalue weighted by atomic mass is 16.5. The van der Waals surface area contributed by atoms with Gasteiger partial charge in [0.25, 0.3) is 0 Å². The Kier molecular flexibility index (Phi) is 2.66. The SMILES string of the molecule is CC1(NC(=O)C2(C(=O)O)CC2)CCOCC1. The van der Waals surface area contributed by atoms with E-state index in [2.05, 4.69) is 5.32 Å². The Morgan fingerprint density at radius 1 is 1.19 bits per heavy atom. The van der Waals surface area contributed by atoms with Crippen LogP contribution in [0.1, 0.15) is 32.6 Å².